The van der Waals surface area contributed by atoms with Crippen LogP contribution in [0.25, 0.3) is 0 Å². The number of carbonyl (C=O) groups excluding carboxylic acids is 1. The van der Waals surface area contributed by atoms with Gasteiger partial charge in [0.25, 0.3) is 5.91 Å². The molecule has 1 aliphatic rings. The van der Waals surface area contributed by atoms with Gasteiger partial charge in [0.05, 0.1) is 17.9 Å². The van der Waals surface area contributed by atoms with E-state index in [4.69, 9.17) is 4.42 Å². The highest BCUT2D eigenvalue weighted by Gasteiger charge is 2.31. The van der Waals surface area contributed by atoms with Crippen molar-refractivity contribution in [3.05, 3.63) is 94.9 Å². The van der Waals surface area contributed by atoms with Gasteiger partial charge >= 0.3 is 6.18 Å². The van der Waals surface area contributed by atoms with Crippen LogP contribution in [-0.4, -0.2) is 23.9 Å². The van der Waals surface area contributed by atoms with E-state index in [1.54, 1.807) is 12.3 Å². The van der Waals surface area contributed by atoms with Crippen LogP contribution in [0.2, 0.25) is 0 Å². The van der Waals surface area contributed by atoms with Gasteiger partial charge in [-0.25, -0.2) is 0 Å². The molecule has 0 aliphatic carbocycles. The van der Waals surface area contributed by atoms with Gasteiger partial charge in [-0.2, -0.15) is 13.2 Å². The third-order valence-electron chi connectivity index (χ3n) is 5.38. The maximum atomic E-state index is 12.9. The number of nitrogens with one attached hydrogen (secondary N) is 1. The number of amides is 1. The Bertz CT molecular complexity index is 1020. The highest BCUT2D eigenvalue weighted by molar-refractivity contribution is 5.94. The minimum atomic E-state index is -4.49. The second-order valence-electron chi connectivity index (χ2n) is 7.31. The lowest BCUT2D eigenvalue weighted by Crippen LogP contribution is -2.40. The number of alkyl halides is 3. The van der Waals surface area contributed by atoms with Gasteiger partial charge in [0.1, 0.15) is 5.76 Å². The molecule has 0 unspecified atom stereocenters. The van der Waals surface area contributed by atoms with Crippen LogP contribution in [-0.2, 0) is 19.1 Å². The number of fused-ring (bicyclic) bond motifs is 1. The number of rotatable bonds is 5. The van der Waals surface area contributed by atoms with Gasteiger partial charge < -0.3 is 9.73 Å². The van der Waals surface area contributed by atoms with Crippen LogP contribution in [0.4, 0.5) is 13.2 Å². The Morgan fingerprint density at radius 2 is 1.87 bits per heavy atom. The standard InChI is InChI=1S/C23H21F3N2O2/c24-23(25,26)19-8-3-7-17(13-19)22(29)27-14-20(21-9-4-12-30-21)28-11-10-16-5-1-2-6-18(16)15-28/h1-9,12-13,20H,10-11,14-15H2,(H,27,29)/t20-/m1/s1. The van der Waals surface area contributed by atoms with Crippen LogP contribution in [0.3, 0.4) is 0 Å². The Labute approximate surface area is 172 Å². The first-order chi connectivity index (χ1) is 14.4. The van der Waals surface area contributed by atoms with E-state index in [1.807, 2.05) is 18.2 Å². The summed E-state index contributed by atoms with van der Waals surface area (Å²) < 4.78 is 44.4. The topological polar surface area (TPSA) is 45.5 Å². The van der Waals surface area contributed by atoms with E-state index >= 15 is 0 Å². The number of furan rings is 1. The fourth-order valence-electron chi connectivity index (χ4n) is 3.80. The summed E-state index contributed by atoms with van der Waals surface area (Å²) in [5.41, 5.74) is 1.67. The van der Waals surface area contributed by atoms with Gasteiger partial charge in [-0.15, -0.1) is 0 Å². The minimum Gasteiger partial charge on any atom is -0.468 e. The summed E-state index contributed by atoms with van der Waals surface area (Å²) in [5, 5.41) is 2.78. The first-order valence-corrected chi connectivity index (χ1v) is 9.71. The lowest BCUT2D eigenvalue weighted by Gasteiger charge is -2.34. The molecule has 1 aliphatic heterocycles. The van der Waals surface area contributed by atoms with Crippen molar-refractivity contribution in [3.63, 3.8) is 0 Å². The largest absolute Gasteiger partial charge is 0.468 e. The molecule has 2 heterocycles. The zero-order valence-corrected chi connectivity index (χ0v) is 16.2. The molecule has 0 radical (unpaired) electrons. The molecule has 1 aromatic heterocycles. The Kier molecular flexibility index (Phi) is 5.63. The number of halogens is 3. The van der Waals surface area contributed by atoms with Crippen molar-refractivity contribution in [2.45, 2.75) is 25.2 Å². The Morgan fingerprint density at radius 3 is 2.60 bits per heavy atom. The number of hydrogen-bond acceptors (Lipinski definition) is 3. The number of nitrogens with zero attached hydrogens (tertiary/aromatic N) is 1. The molecule has 0 bridgehead atoms. The monoisotopic (exact) mass is 414 g/mol. The second kappa shape index (κ2) is 8.36. The van der Waals surface area contributed by atoms with Crippen LogP contribution < -0.4 is 5.32 Å². The first-order valence-electron chi connectivity index (χ1n) is 9.71. The van der Waals surface area contributed by atoms with E-state index < -0.39 is 17.6 Å². The highest BCUT2D eigenvalue weighted by Crippen LogP contribution is 2.30. The van der Waals surface area contributed by atoms with E-state index in [2.05, 4.69) is 22.3 Å². The third-order valence-corrected chi connectivity index (χ3v) is 5.38. The molecule has 0 spiro atoms. The molecule has 4 nitrogen and oxygen atoms in total. The molecule has 1 N–H and O–H groups in total. The van der Waals surface area contributed by atoms with Crippen molar-refractivity contribution in [2.75, 3.05) is 13.1 Å². The van der Waals surface area contributed by atoms with Crippen LogP contribution in [0.1, 0.15) is 38.9 Å². The van der Waals surface area contributed by atoms with Gasteiger partial charge in [0.15, 0.2) is 0 Å². The summed E-state index contributed by atoms with van der Waals surface area (Å²) >= 11 is 0. The predicted octanol–water partition coefficient (Wildman–Crippen LogP) is 4.83. The average molecular weight is 414 g/mol. The molecule has 156 valence electrons. The SMILES string of the molecule is O=C(NC[C@H](c1ccco1)N1CCc2ccccc2C1)c1cccc(C(F)(F)F)c1. The molecule has 4 rings (SSSR count). The summed E-state index contributed by atoms with van der Waals surface area (Å²) in [6, 6.07) is 16.1. The molecule has 1 atom stereocenters. The molecule has 1 amide bonds. The maximum Gasteiger partial charge on any atom is 0.416 e. The van der Waals surface area contributed by atoms with E-state index in [0.717, 1.165) is 25.1 Å². The van der Waals surface area contributed by atoms with Crippen LogP contribution in [0.5, 0.6) is 0 Å². The third kappa shape index (κ3) is 4.41. The lowest BCUT2D eigenvalue weighted by molar-refractivity contribution is -0.137. The van der Waals surface area contributed by atoms with Crippen molar-refractivity contribution in [1.82, 2.24) is 10.2 Å². The van der Waals surface area contributed by atoms with Crippen LogP contribution in [0.15, 0.2) is 71.3 Å². The van der Waals surface area contributed by atoms with E-state index in [-0.39, 0.29) is 18.2 Å². The number of benzene rings is 2. The molecule has 0 saturated heterocycles. The fraction of sp³-hybridized carbons (Fsp3) is 0.261. The van der Waals surface area contributed by atoms with Crippen LogP contribution in [0, 0.1) is 0 Å². The summed E-state index contributed by atoms with van der Waals surface area (Å²) in [6.07, 6.45) is -2.03. The van der Waals surface area contributed by atoms with E-state index in [1.165, 1.54) is 23.3 Å². The zero-order chi connectivity index (χ0) is 21.1. The molecule has 2 aromatic carbocycles. The Balaban J connectivity index is 1.50. The molecule has 0 fully saturated rings. The van der Waals surface area contributed by atoms with E-state index in [9.17, 15) is 18.0 Å². The molecular weight excluding hydrogens is 393 g/mol. The minimum absolute atomic E-state index is 0.0213. The molecule has 0 saturated carbocycles. The Hall–Kier alpha value is -3.06. The van der Waals surface area contributed by atoms with Gasteiger partial charge in [0.2, 0.25) is 0 Å². The second-order valence-corrected chi connectivity index (χ2v) is 7.31. The van der Waals surface area contributed by atoms with Gasteiger partial charge in [0, 0.05) is 25.2 Å². The quantitative estimate of drug-likeness (QED) is 0.651. The smallest absolute Gasteiger partial charge is 0.416 e. The van der Waals surface area contributed by atoms with Gasteiger partial charge in [-0.1, -0.05) is 30.3 Å². The van der Waals surface area contributed by atoms with Crippen molar-refractivity contribution in [1.29, 1.82) is 0 Å². The van der Waals surface area contributed by atoms with Crippen LogP contribution >= 0.6 is 0 Å². The van der Waals surface area contributed by atoms with Crippen molar-refractivity contribution in [3.8, 4) is 0 Å². The zero-order valence-electron chi connectivity index (χ0n) is 16.2. The van der Waals surface area contributed by atoms with Crippen molar-refractivity contribution >= 4 is 5.91 Å². The first kappa shape index (κ1) is 20.2. The van der Waals surface area contributed by atoms with Crippen molar-refractivity contribution in [2.24, 2.45) is 0 Å². The van der Waals surface area contributed by atoms with Crippen molar-refractivity contribution < 1.29 is 22.4 Å². The highest BCUT2D eigenvalue weighted by atomic mass is 19.4. The summed E-state index contributed by atoms with van der Waals surface area (Å²) in [6.45, 7) is 1.73. The molecule has 7 heteroatoms. The number of hydrogen-bond donors (Lipinski definition) is 1. The van der Waals surface area contributed by atoms with Gasteiger partial charge in [-0.3, -0.25) is 9.69 Å². The predicted molar refractivity (Wildman–Crippen MR) is 106 cm³/mol. The average Bonchev–Trinajstić information content (AvgIpc) is 3.28. The lowest BCUT2D eigenvalue weighted by atomic mass is 9.98. The maximum absolute atomic E-state index is 12.9. The Morgan fingerprint density at radius 1 is 1.07 bits per heavy atom. The molecular formula is C23H21F3N2O2. The van der Waals surface area contributed by atoms with E-state index in [0.29, 0.717) is 12.3 Å². The summed E-state index contributed by atoms with van der Waals surface area (Å²) in [4.78, 5) is 14.8. The normalized spacial score (nSPS) is 15.4. The fourth-order valence-corrected chi connectivity index (χ4v) is 3.80. The molecule has 30 heavy (non-hydrogen) atoms. The summed E-state index contributed by atoms with van der Waals surface area (Å²) in [5.74, 6) is 0.161. The van der Waals surface area contributed by atoms with Gasteiger partial charge in [-0.05, 0) is 47.9 Å². The number of carbonyl (C=O) groups is 1. The molecule has 3 aromatic rings. The summed E-state index contributed by atoms with van der Waals surface area (Å²) in [7, 11) is 0.